The number of H-pyrrole nitrogens is 1. The fraction of sp³-hybridized carbons (Fsp3) is 0.214. The predicted molar refractivity (Wildman–Crippen MR) is 81.7 cm³/mol. The lowest BCUT2D eigenvalue weighted by molar-refractivity contribution is 0.642. The van der Waals surface area contributed by atoms with Crippen molar-refractivity contribution in [1.82, 2.24) is 18.7 Å². The Morgan fingerprint density at radius 2 is 1.38 bits per heavy atom. The molecular weight excluding hydrogens is 272 g/mol. The lowest BCUT2D eigenvalue weighted by Gasteiger charge is -2.09. The number of imidazole rings is 1. The number of rotatable bonds is 6. The van der Waals surface area contributed by atoms with Gasteiger partial charge in [0.25, 0.3) is 5.56 Å². The molecule has 2 heterocycles. The van der Waals surface area contributed by atoms with E-state index in [1.165, 1.54) is 27.4 Å². The Hall–Kier alpha value is -2.83. The Morgan fingerprint density at radius 3 is 1.95 bits per heavy atom. The van der Waals surface area contributed by atoms with Gasteiger partial charge in [-0.15, -0.1) is 19.7 Å². The number of allylic oxidation sites excluding steroid dienone is 3. The molecule has 0 amide bonds. The summed E-state index contributed by atoms with van der Waals surface area (Å²) in [5.41, 5.74) is -1.18. The molecule has 0 unspecified atom stereocenters. The van der Waals surface area contributed by atoms with Crippen LogP contribution in [0.2, 0.25) is 0 Å². The second-order valence-electron chi connectivity index (χ2n) is 4.41. The van der Waals surface area contributed by atoms with Crippen molar-refractivity contribution in [2.24, 2.45) is 0 Å². The summed E-state index contributed by atoms with van der Waals surface area (Å²) >= 11 is 0. The highest BCUT2D eigenvalue weighted by molar-refractivity contribution is 5.70. The number of nitrogens with one attached hydrogen (secondary N) is 1. The van der Waals surface area contributed by atoms with Crippen molar-refractivity contribution in [2.75, 3.05) is 0 Å². The summed E-state index contributed by atoms with van der Waals surface area (Å²) in [4.78, 5) is 39.3. The van der Waals surface area contributed by atoms with Crippen molar-refractivity contribution in [1.29, 1.82) is 0 Å². The van der Waals surface area contributed by atoms with Crippen molar-refractivity contribution in [3.8, 4) is 0 Å². The maximum Gasteiger partial charge on any atom is 0.333 e. The highest BCUT2D eigenvalue weighted by Gasteiger charge is 2.17. The number of fused-ring (bicyclic) bond motifs is 1. The third-order valence-electron chi connectivity index (χ3n) is 3.08. The molecular formula is C14H16N4O3. The maximum atomic E-state index is 12.5. The zero-order valence-electron chi connectivity index (χ0n) is 11.5. The van der Waals surface area contributed by atoms with Gasteiger partial charge in [-0.1, -0.05) is 18.2 Å². The Morgan fingerprint density at radius 1 is 0.857 bits per heavy atom. The van der Waals surface area contributed by atoms with Crippen molar-refractivity contribution >= 4 is 11.2 Å². The van der Waals surface area contributed by atoms with E-state index >= 15 is 0 Å². The van der Waals surface area contributed by atoms with Crippen LogP contribution in [0.25, 0.3) is 11.2 Å². The van der Waals surface area contributed by atoms with Crippen LogP contribution in [0.15, 0.2) is 52.3 Å². The Balaban J connectivity index is 3.04. The lowest BCUT2D eigenvalue weighted by Crippen LogP contribution is -2.40. The second kappa shape index (κ2) is 5.66. The van der Waals surface area contributed by atoms with Crippen LogP contribution in [-0.4, -0.2) is 18.7 Å². The molecule has 2 aromatic rings. The van der Waals surface area contributed by atoms with Gasteiger partial charge in [0, 0.05) is 19.6 Å². The van der Waals surface area contributed by atoms with E-state index in [-0.39, 0.29) is 30.8 Å². The van der Waals surface area contributed by atoms with Crippen molar-refractivity contribution in [3.05, 3.63) is 69.3 Å². The number of nitrogens with zero attached hydrogens (tertiary/aromatic N) is 3. The third kappa shape index (κ3) is 2.22. The smallest absolute Gasteiger partial charge is 0.291 e. The van der Waals surface area contributed by atoms with Gasteiger partial charge in [-0.2, -0.15) is 0 Å². The molecule has 0 saturated carbocycles. The SMILES string of the molecule is C=CCn1c(=O)c2c([nH]c(=O)n2CC=C)n(CC=C)c1=O. The molecule has 0 aliphatic heterocycles. The average molecular weight is 288 g/mol. The van der Waals surface area contributed by atoms with E-state index in [0.29, 0.717) is 0 Å². The van der Waals surface area contributed by atoms with E-state index in [4.69, 9.17) is 0 Å². The molecule has 0 aliphatic carbocycles. The molecule has 2 aromatic heterocycles. The van der Waals surface area contributed by atoms with E-state index < -0.39 is 16.9 Å². The van der Waals surface area contributed by atoms with Crippen molar-refractivity contribution < 1.29 is 0 Å². The van der Waals surface area contributed by atoms with E-state index in [0.717, 1.165) is 4.57 Å². The summed E-state index contributed by atoms with van der Waals surface area (Å²) in [7, 11) is 0. The van der Waals surface area contributed by atoms with Crippen molar-refractivity contribution in [3.63, 3.8) is 0 Å². The molecule has 0 aromatic carbocycles. The highest BCUT2D eigenvalue weighted by atomic mass is 16.2. The van der Waals surface area contributed by atoms with E-state index in [1.807, 2.05) is 0 Å². The average Bonchev–Trinajstić information content (AvgIpc) is 2.77. The first-order valence-corrected chi connectivity index (χ1v) is 6.35. The normalized spacial score (nSPS) is 10.7. The van der Waals surface area contributed by atoms with Crippen LogP contribution in [0, 0.1) is 0 Å². The summed E-state index contributed by atoms with van der Waals surface area (Å²) in [5, 5.41) is 0. The first-order valence-electron chi connectivity index (χ1n) is 6.35. The number of hydrogen-bond acceptors (Lipinski definition) is 3. The summed E-state index contributed by atoms with van der Waals surface area (Å²) in [6, 6.07) is 0. The van der Waals surface area contributed by atoms with Crippen LogP contribution in [0.3, 0.4) is 0 Å². The van der Waals surface area contributed by atoms with Crippen LogP contribution >= 0.6 is 0 Å². The summed E-state index contributed by atoms with van der Waals surface area (Å²) in [6.07, 6.45) is 4.48. The zero-order valence-corrected chi connectivity index (χ0v) is 11.5. The minimum atomic E-state index is -0.532. The molecule has 0 spiro atoms. The maximum absolute atomic E-state index is 12.5. The summed E-state index contributed by atoms with van der Waals surface area (Å²) in [6.45, 7) is 11.1. The van der Waals surface area contributed by atoms with Gasteiger partial charge in [-0.05, 0) is 0 Å². The van der Waals surface area contributed by atoms with Gasteiger partial charge in [0.1, 0.15) is 5.65 Å². The predicted octanol–water partition coefficient (Wildman–Crippen LogP) is 0.211. The topological polar surface area (TPSA) is 81.8 Å². The van der Waals surface area contributed by atoms with Gasteiger partial charge in [0.2, 0.25) is 0 Å². The van der Waals surface area contributed by atoms with E-state index in [2.05, 4.69) is 24.7 Å². The standard InChI is InChI=1S/C14H16N4O3/c1-4-7-16-10-11(15-13(16)20)17(8-5-2)14(21)18(9-6-3)12(10)19/h4-6H,1-3,7-9H2,(H,15,20). The van der Waals surface area contributed by atoms with Gasteiger partial charge in [-0.25, -0.2) is 9.59 Å². The van der Waals surface area contributed by atoms with Crippen molar-refractivity contribution in [2.45, 2.75) is 19.6 Å². The van der Waals surface area contributed by atoms with Crippen LogP contribution < -0.4 is 16.9 Å². The summed E-state index contributed by atoms with van der Waals surface area (Å²) in [5.74, 6) is 0. The van der Waals surface area contributed by atoms with Crippen LogP contribution in [0.4, 0.5) is 0 Å². The molecule has 0 bridgehead atoms. The first kappa shape index (κ1) is 14.6. The second-order valence-corrected chi connectivity index (χ2v) is 4.41. The molecule has 21 heavy (non-hydrogen) atoms. The van der Waals surface area contributed by atoms with Gasteiger partial charge >= 0.3 is 11.4 Å². The van der Waals surface area contributed by atoms with Crippen LogP contribution in [0.5, 0.6) is 0 Å². The lowest BCUT2D eigenvalue weighted by atomic mass is 10.4. The van der Waals surface area contributed by atoms with Gasteiger partial charge in [-0.3, -0.25) is 23.5 Å². The number of aromatic amines is 1. The van der Waals surface area contributed by atoms with Gasteiger partial charge in [0.15, 0.2) is 5.52 Å². The molecule has 0 atom stereocenters. The van der Waals surface area contributed by atoms with E-state index in [9.17, 15) is 14.4 Å². The Labute approximate surface area is 119 Å². The van der Waals surface area contributed by atoms with Crippen LogP contribution in [0.1, 0.15) is 0 Å². The molecule has 0 fully saturated rings. The monoisotopic (exact) mass is 288 g/mol. The molecule has 7 heteroatoms. The fourth-order valence-corrected chi connectivity index (χ4v) is 2.22. The third-order valence-corrected chi connectivity index (χ3v) is 3.08. The molecule has 0 radical (unpaired) electrons. The number of aromatic nitrogens is 4. The minimum absolute atomic E-state index is 0.0677. The molecule has 2 rings (SSSR count). The van der Waals surface area contributed by atoms with Gasteiger partial charge in [0.05, 0.1) is 0 Å². The molecule has 1 N–H and O–H groups in total. The van der Waals surface area contributed by atoms with Crippen LogP contribution in [-0.2, 0) is 19.6 Å². The quantitative estimate of drug-likeness (QED) is 0.771. The van der Waals surface area contributed by atoms with Gasteiger partial charge < -0.3 is 0 Å². The number of hydrogen-bond donors (Lipinski definition) is 1. The first-order chi connectivity index (χ1) is 10.1. The zero-order chi connectivity index (χ0) is 15.6. The molecule has 110 valence electrons. The molecule has 7 nitrogen and oxygen atoms in total. The highest BCUT2D eigenvalue weighted by Crippen LogP contribution is 2.04. The Bertz CT molecular complexity index is 892. The minimum Gasteiger partial charge on any atom is -0.291 e. The Kier molecular flexibility index (Phi) is 3.93. The fourth-order valence-electron chi connectivity index (χ4n) is 2.22. The molecule has 0 aliphatic rings. The molecule has 0 saturated heterocycles. The summed E-state index contributed by atoms with van der Waals surface area (Å²) < 4.78 is 3.59. The van der Waals surface area contributed by atoms with E-state index in [1.54, 1.807) is 0 Å². The largest absolute Gasteiger partial charge is 0.333 e.